The van der Waals surface area contributed by atoms with E-state index in [2.05, 4.69) is 55.5 Å². The van der Waals surface area contributed by atoms with E-state index in [1.54, 1.807) is 0 Å². The molecular formula is C23H20INO. The fourth-order valence-electron chi connectivity index (χ4n) is 4.05. The maximum absolute atomic E-state index is 13.3. The molecule has 0 aliphatic carbocycles. The Kier molecular flexibility index (Phi) is 4.35. The van der Waals surface area contributed by atoms with Crippen LogP contribution in [0.4, 0.5) is 5.69 Å². The second-order valence-electron chi connectivity index (χ2n) is 6.86. The second-order valence-corrected chi connectivity index (χ2v) is 7.94. The Morgan fingerprint density at radius 2 is 1.54 bits per heavy atom. The molecule has 0 radical (unpaired) electrons. The number of carbonyl (C=O) groups excluding carboxylic acids is 1. The van der Waals surface area contributed by atoms with Crippen LogP contribution in [-0.2, 0) is 0 Å². The summed E-state index contributed by atoms with van der Waals surface area (Å²) >= 11 is 2.42. The third-order valence-electron chi connectivity index (χ3n) is 5.21. The summed E-state index contributed by atoms with van der Waals surface area (Å²) < 4.78 is 1.27. The smallest absolute Gasteiger partial charge is 0.259 e. The van der Waals surface area contributed by atoms with Crippen LogP contribution in [0.15, 0.2) is 60.7 Å². The summed E-state index contributed by atoms with van der Waals surface area (Å²) in [4.78, 5) is 15.2. The van der Waals surface area contributed by atoms with Gasteiger partial charge in [-0.15, -0.1) is 0 Å². The summed E-state index contributed by atoms with van der Waals surface area (Å²) in [6, 6.07) is 20.1. The van der Waals surface area contributed by atoms with Crippen LogP contribution >= 0.6 is 22.6 Å². The zero-order valence-corrected chi connectivity index (χ0v) is 17.2. The molecule has 1 atom stereocenters. The van der Waals surface area contributed by atoms with Crippen LogP contribution in [0.5, 0.6) is 0 Å². The van der Waals surface area contributed by atoms with Crippen molar-refractivity contribution in [1.82, 2.24) is 0 Å². The molecule has 3 aromatic rings. The number of carbonyl (C=O) groups is 1. The van der Waals surface area contributed by atoms with Gasteiger partial charge in [-0.2, -0.15) is 0 Å². The lowest BCUT2D eigenvalue weighted by atomic mass is 9.89. The topological polar surface area (TPSA) is 20.3 Å². The highest BCUT2D eigenvalue weighted by molar-refractivity contribution is 14.1. The van der Waals surface area contributed by atoms with Gasteiger partial charge in [-0.1, -0.05) is 42.5 Å². The Hall–Kier alpha value is -2.14. The van der Waals surface area contributed by atoms with Crippen molar-refractivity contribution in [3.8, 4) is 0 Å². The quantitative estimate of drug-likeness (QED) is 0.438. The summed E-state index contributed by atoms with van der Waals surface area (Å²) in [6.07, 6.45) is 0. The molecule has 2 nitrogen and oxygen atoms in total. The van der Waals surface area contributed by atoms with Gasteiger partial charge in [-0.3, -0.25) is 9.69 Å². The Morgan fingerprint density at radius 1 is 0.885 bits per heavy atom. The van der Waals surface area contributed by atoms with E-state index in [1.807, 2.05) is 53.4 Å². The Balaban J connectivity index is 2.01. The molecule has 1 unspecified atom stereocenters. The van der Waals surface area contributed by atoms with E-state index in [0.29, 0.717) is 0 Å². The van der Waals surface area contributed by atoms with Gasteiger partial charge < -0.3 is 0 Å². The van der Waals surface area contributed by atoms with Crippen LogP contribution in [-0.4, -0.2) is 5.91 Å². The van der Waals surface area contributed by atoms with Crippen molar-refractivity contribution in [2.45, 2.75) is 26.8 Å². The first-order valence-corrected chi connectivity index (χ1v) is 9.82. The van der Waals surface area contributed by atoms with E-state index < -0.39 is 0 Å². The molecule has 3 heteroatoms. The molecule has 0 saturated heterocycles. The van der Waals surface area contributed by atoms with Crippen LogP contribution in [0.1, 0.15) is 44.2 Å². The van der Waals surface area contributed by atoms with Gasteiger partial charge in [0.1, 0.15) is 0 Å². The minimum atomic E-state index is -0.0878. The maximum atomic E-state index is 13.3. The first-order valence-electron chi connectivity index (χ1n) is 8.74. The highest BCUT2D eigenvalue weighted by atomic mass is 127. The van der Waals surface area contributed by atoms with Crippen molar-refractivity contribution in [3.05, 3.63) is 97.6 Å². The van der Waals surface area contributed by atoms with Crippen molar-refractivity contribution < 1.29 is 4.79 Å². The standard InChI is InChI=1S/C23H20INO/c1-14-13-15(2)21(24)16(3)20(14)22-18-11-7-8-12-19(18)23(26)25(22)17-9-5-4-6-10-17/h4-13,22H,1-3H3. The number of halogens is 1. The first-order chi connectivity index (χ1) is 12.5. The van der Waals surface area contributed by atoms with Gasteiger partial charge in [0.15, 0.2) is 0 Å². The summed E-state index contributed by atoms with van der Waals surface area (Å²) in [7, 11) is 0. The summed E-state index contributed by atoms with van der Waals surface area (Å²) in [5.41, 5.74) is 7.85. The third-order valence-corrected chi connectivity index (χ3v) is 6.87. The van der Waals surface area contributed by atoms with Gasteiger partial charge in [0.05, 0.1) is 6.04 Å². The van der Waals surface area contributed by atoms with Gasteiger partial charge in [0, 0.05) is 14.8 Å². The number of hydrogen-bond donors (Lipinski definition) is 0. The third kappa shape index (κ3) is 2.57. The number of rotatable bonds is 2. The molecule has 0 bridgehead atoms. The van der Waals surface area contributed by atoms with Crippen LogP contribution in [0.25, 0.3) is 0 Å². The molecule has 0 N–H and O–H groups in total. The van der Waals surface area contributed by atoms with Gasteiger partial charge >= 0.3 is 0 Å². The molecule has 0 saturated carbocycles. The number of anilines is 1. The minimum Gasteiger partial charge on any atom is -0.297 e. The fraction of sp³-hybridized carbons (Fsp3) is 0.174. The zero-order valence-electron chi connectivity index (χ0n) is 15.1. The second kappa shape index (κ2) is 6.54. The molecule has 26 heavy (non-hydrogen) atoms. The molecule has 0 aromatic heterocycles. The fourth-order valence-corrected chi connectivity index (χ4v) is 4.50. The molecular weight excluding hydrogens is 433 g/mol. The zero-order chi connectivity index (χ0) is 18.4. The molecule has 0 spiro atoms. The SMILES string of the molecule is Cc1cc(C)c(C2c3ccccc3C(=O)N2c2ccccc2)c(C)c1I. The lowest BCUT2D eigenvalue weighted by molar-refractivity contribution is 0.0993. The highest BCUT2D eigenvalue weighted by Gasteiger charge is 2.39. The molecule has 1 heterocycles. The lowest BCUT2D eigenvalue weighted by Crippen LogP contribution is -2.29. The van der Waals surface area contributed by atoms with E-state index in [0.717, 1.165) is 16.8 Å². The van der Waals surface area contributed by atoms with E-state index in [-0.39, 0.29) is 11.9 Å². The summed E-state index contributed by atoms with van der Waals surface area (Å²) in [6.45, 7) is 6.47. The average Bonchev–Trinajstić information content (AvgIpc) is 2.94. The number of hydrogen-bond acceptors (Lipinski definition) is 1. The van der Waals surface area contributed by atoms with Gasteiger partial charge in [-0.05, 0) is 89.4 Å². The average molecular weight is 453 g/mol. The van der Waals surface area contributed by atoms with E-state index in [1.165, 1.54) is 25.8 Å². The largest absolute Gasteiger partial charge is 0.297 e. The predicted octanol–water partition coefficient (Wildman–Crippen LogP) is 5.97. The van der Waals surface area contributed by atoms with Crippen LogP contribution in [0, 0.1) is 24.3 Å². The van der Waals surface area contributed by atoms with Crippen LogP contribution in [0.2, 0.25) is 0 Å². The molecule has 1 aliphatic heterocycles. The summed E-state index contributed by atoms with van der Waals surface area (Å²) in [5.74, 6) is 0.0752. The molecule has 1 aliphatic rings. The summed E-state index contributed by atoms with van der Waals surface area (Å²) in [5, 5.41) is 0. The number of nitrogens with zero attached hydrogens (tertiary/aromatic N) is 1. The monoisotopic (exact) mass is 453 g/mol. The highest BCUT2D eigenvalue weighted by Crippen LogP contribution is 2.44. The normalized spacial score (nSPS) is 16.1. The van der Waals surface area contributed by atoms with E-state index >= 15 is 0 Å². The molecule has 1 amide bonds. The van der Waals surface area contributed by atoms with Gasteiger partial charge in [0.25, 0.3) is 5.91 Å². The van der Waals surface area contributed by atoms with Crippen LogP contribution in [0.3, 0.4) is 0 Å². The maximum Gasteiger partial charge on any atom is 0.259 e. The number of benzene rings is 3. The molecule has 130 valence electrons. The minimum absolute atomic E-state index is 0.0752. The van der Waals surface area contributed by atoms with Gasteiger partial charge in [0.2, 0.25) is 0 Å². The Bertz CT molecular complexity index is 1010. The number of amides is 1. The molecule has 0 fully saturated rings. The first kappa shape index (κ1) is 17.3. The van der Waals surface area contributed by atoms with E-state index in [4.69, 9.17) is 0 Å². The van der Waals surface area contributed by atoms with Crippen molar-refractivity contribution in [1.29, 1.82) is 0 Å². The lowest BCUT2D eigenvalue weighted by Gasteiger charge is -2.29. The Morgan fingerprint density at radius 3 is 2.27 bits per heavy atom. The predicted molar refractivity (Wildman–Crippen MR) is 115 cm³/mol. The Labute approximate surface area is 168 Å². The number of fused-ring (bicyclic) bond motifs is 1. The van der Waals surface area contributed by atoms with Crippen molar-refractivity contribution >= 4 is 34.2 Å². The van der Waals surface area contributed by atoms with Crippen molar-refractivity contribution in [3.63, 3.8) is 0 Å². The molecule has 4 rings (SSSR count). The van der Waals surface area contributed by atoms with Gasteiger partial charge in [-0.25, -0.2) is 0 Å². The number of aryl methyl sites for hydroxylation is 2. The van der Waals surface area contributed by atoms with Crippen molar-refractivity contribution in [2.24, 2.45) is 0 Å². The number of para-hydroxylation sites is 1. The van der Waals surface area contributed by atoms with E-state index in [9.17, 15) is 4.79 Å². The molecule has 3 aromatic carbocycles. The van der Waals surface area contributed by atoms with Crippen molar-refractivity contribution in [2.75, 3.05) is 4.90 Å². The van der Waals surface area contributed by atoms with Crippen LogP contribution < -0.4 is 4.90 Å².